The van der Waals surface area contributed by atoms with Gasteiger partial charge in [0.05, 0.1) is 29.6 Å². The van der Waals surface area contributed by atoms with Crippen LogP contribution in [0.15, 0.2) is 47.1 Å². The molecule has 2 N–H and O–H groups in total. The highest BCUT2D eigenvalue weighted by Gasteiger charge is 2.20. The zero-order valence-electron chi connectivity index (χ0n) is 16.9. The fourth-order valence-corrected chi connectivity index (χ4v) is 3.35. The summed E-state index contributed by atoms with van der Waals surface area (Å²) in [5, 5.41) is 6.11. The van der Waals surface area contributed by atoms with E-state index in [9.17, 15) is 9.59 Å². The van der Waals surface area contributed by atoms with Crippen LogP contribution in [0.2, 0.25) is 5.02 Å². The molecule has 3 rings (SSSR count). The number of amides is 2. The van der Waals surface area contributed by atoms with Crippen molar-refractivity contribution >= 4 is 29.1 Å². The number of hydrogen-bond acceptors (Lipinski definition) is 3. The highest BCUT2D eigenvalue weighted by atomic mass is 35.5. The second kappa shape index (κ2) is 8.57. The first-order valence-corrected chi connectivity index (χ1v) is 9.75. The minimum absolute atomic E-state index is 0.0257. The molecule has 0 saturated carbocycles. The SMILES string of the molecule is Cc1cc(C(=O)Nc2cc(Cl)ccc2C(=O)NC(C)C)c(C)n1Cc1ccco1. The molecule has 2 heterocycles. The smallest absolute Gasteiger partial charge is 0.257 e. The highest BCUT2D eigenvalue weighted by molar-refractivity contribution is 6.31. The number of nitrogens with one attached hydrogen (secondary N) is 2. The molecule has 2 aromatic heterocycles. The second-order valence-corrected chi connectivity index (χ2v) is 7.66. The van der Waals surface area contributed by atoms with Crippen LogP contribution in [0, 0.1) is 13.8 Å². The van der Waals surface area contributed by atoms with Crippen molar-refractivity contribution in [3.05, 3.63) is 76.0 Å². The molecule has 29 heavy (non-hydrogen) atoms. The van der Waals surface area contributed by atoms with Crippen molar-refractivity contribution < 1.29 is 14.0 Å². The standard InChI is InChI=1S/C22H24ClN3O3/c1-13(2)24-21(27)18-8-7-16(23)11-20(18)25-22(28)19-10-14(3)26(15(19)4)12-17-6-5-9-29-17/h5-11,13H,12H2,1-4H3,(H,24,27)(H,25,28). The van der Waals surface area contributed by atoms with Gasteiger partial charge in [0, 0.05) is 22.5 Å². The van der Waals surface area contributed by atoms with Crippen LogP contribution < -0.4 is 10.6 Å². The van der Waals surface area contributed by atoms with Crippen molar-refractivity contribution in [2.24, 2.45) is 0 Å². The fourth-order valence-electron chi connectivity index (χ4n) is 3.18. The molecule has 0 aliphatic heterocycles. The van der Waals surface area contributed by atoms with Crippen LogP contribution in [0.1, 0.15) is 51.7 Å². The average Bonchev–Trinajstić information content (AvgIpc) is 3.25. The van der Waals surface area contributed by atoms with Crippen LogP contribution in [-0.2, 0) is 6.54 Å². The third-order valence-electron chi connectivity index (χ3n) is 4.61. The maximum atomic E-state index is 13.0. The first-order chi connectivity index (χ1) is 13.8. The third kappa shape index (κ3) is 4.71. The Morgan fingerprint density at radius 3 is 2.52 bits per heavy atom. The molecule has 0 radical (unpaired) electrons. The van der Waals surface area contributed by atoms with E-state index in [1.165, 1.54) is 0 Å². The van der Waals surface area contributed by atoms with Gasteiger partial charge in [0.1, 0.15) is 5.76 Å². The minimum Gasteiger partial charge on any atom is -0.467 e. The van der Waals surface area contributed by atoms with Crippen molar-refractivity contribution in [3.8, 4) is 0 Å². The topological polar surface area (TPSA) is 76.3 Å². The monoisotopic (exact) mass is 413 g/mol. The number of furan rings is 1. The molecule has 0 spiro atoms. The normalized spacial score (nSPS) is 11.0. The molecule has 0 bridgehead atoms. The number of carbonyl (C=O) groups excluding carboxylic acids is 2. The average molecular weight is 414 g/mol. The number of hydrogen-bond donors (Lipinski definition) is 2. The Bertz CT molecular complexity index is 1040. The summed E-state index contributed by atoms with van der Waals surface area (Å²) in [6.45, 7) is 8.11. The largest absolute Gasteiger partial charge is 0.467 e. The summed E-state index contributed by atoms with van der Waals surface area (Å²) in [4.78, 5) is 25.5. The fraction of sp³-hybridized carbons (Fsp3) is 0.273. The number of aryl methyl sites for hydroxylation is 1. The van der Waals surface area contributed by atoms with Crippen molar-refractivity contribution in [3.63, 3.8) is 0 Å². The summed E-state index contributed by atoms with van der Waals surface area (Å²) in [7, 11) is 0. The lowest BCUT2D eigenvalue weighted by Crippen LogP contribution is -2.31. The summed E-state index contributed by atoms with van der Waals surface area (Å²) in [5.41, 5.74) is 3.01. The number of anilines is 1. The van der Waals surface area contributed by atoms with Crippen LogP contribution in [0.4, 0.5) is 5.69 Å². The van der Waals surface area contributed by atoms with Crippen LogP contribution in [-0.4, -0.2) is 22.4 Å². The summed E-state index contributed by atoms with van der Waals surface area (Å²) in [6.07, 6.45) is 1.62. The Kier molecular flexibility index (Phi) is 6.13. The second-order valence-electron chi connectivity index (χ2n) is 7.22. The van der Waals surface area contributed by atoms with Crippen LogP contribution in [0.5, 0.6) is 0 Å². The zero-order valence-corrected chi connectivity index (χ0v) is 17.6. The molecule has 0 aliphatic carbocycles. The van der Waals surface area contributed by atoms with Gasteiger partial charge in [-0.15, -0.1) is 0 Å². The molecule has 0 saturated heterocycles. The molecular weight excluding hydrogens is 390 g/mol. The quantitative estimate of drug-likeness (QED) is 0.610. The summed E-state index contributed by atoms with van der Waals surface area (Å²) in [6, 6.07) is 10.3. The molecule has 2 amide bonds. The summed E-state index contributed by atoms with van der Waals surface area (Å²) >= 11 is 6.10. The number of aromatic nitrogens is 1. The van der Waals surface area contributed by atoms with Gasteiger partial charge in [0.2, 0.25) is 0 Å². The van der Waals surface area contributed by atoms with Crippen molar-refractivity contribution in [1.29, 1.82) is 0 Å². The Morgan fingerprint density at radius 1 is 1.10 bits per heavy atom. The van der Waals surface area contributed by atoms with Gasteiger partial charge in [-0.2, -0.15) is 0 Å². The first-order valence-electron chi connectivity index (χ1n) is 9.37. The van der Waals surface area contributed by atoms with Crippen LogP contribution >= 0.6 is 11.6 Å². The molecule has 1 aromatic carbocycles. The van der Waals surface area contributed by atoms with Crippen LogP contribution in [0.3, 0.4) is 0 Å². The van der Waals surface area contributed by atoms with Gasteiger partial charge in [-0.3, -0.25) is 9.59 Å². The molecule has 0 unspecified atom stereocenters. The molecule has 6 nitrogen and oxygen atoms in total. The Morgan fingerprint density at radius 2 is 1.86 bits per heavy atom. The zero-order chi connectivity index (χ0) is 21.1. The van der Waals surface area contributed by atoms with E-state index in [1.807, 2.05) is 50.5 Å². The number of nitrogens with zero attached hydrogens (tertiary/aromatic N) is 1. The Labute approximate surface area is 174 Å². The van der Waals surface area contributed by atoms with E-state index < -0.39 is 0 Å². The van der Waals surface area contributed by atoms with E-state index in [2.05, 4.69) is 10.6 Å². The molecule has 0 aliphatic rings. The van der Waals surface area contributed by atoms with E-state index in [0.29, 0.717) is 28.4 Å². The summed E-state index contributed by atoms with van der Waals surface area (Å²) < 4.78 is 7.43. The maximum Gasteiger partial charge on any atom is 0.257 e. The molecular formula is C22H24ClN3O3. The predicted molar refractivity (Wildman–Crippen MR) is 114 cm³/mol. The Hall–Kier alpha value is -2.99. The number of rotatable bonds is 6. The molecule has 0 atom stereocenters. The lowest BCUT2D eigenvalue weighted by Gasteiger charge is -2.14. The highest BCUT2D eigenvalue weighted by Crippen LogP contribution is 2.24. The molecule has 0 fully saturated rings. The predicted octanol–water partition coefficient (Wildman–Crippen LogP) is 4.79. The van der Waals surface area contributed by atoms with Crippen molar-refractivity contribution in [1.82, 2.24) is 9.88 Å². The van der Waals surface area contributed by atoms with E-state index >= 15 is 0 Å². The van der Waals surface area contributed by atoms with Crippen LogP contribution in [0.25, 0.3) is 0 Å². The van der Waals surface area contributed by atoms with Crippen molar-refractivity contribution in [2.45, 2.75) is 40.3 Å². The summed E-state index contributed by atoms with van der Waals surface area (Å²) in [5.74, 6) is 0.237. The van der Waals surface area contributed by atoms with Gasteiger partial charge in [-0.1, -0.05) is 11.6 Å². The molecule has 7 heteroatoms. The molecule has 152 valence electrons. The van der Waals surface area contributed by atoms with E-state index in [-0.39, 0.29) is 17.9 Å². The maximum absolute atomic E-state index is 13.0. The third-order valence-corrected chi connectivity index (χ3v) is 4.84. The number of benzene rings is 1. The Balaban J connectivity index is 1.87. The van der Waals surface area contributed by atoms with Gasteiger partial charge < -0.3 is 19.6 Å². The van der Waals surface area contributed by atoms with E-state index in [1.54, 1.807) is 24.5 Å². The van der Waals surface area contributed by atoms with Gasteiger partial charge in [-0.05, 0) is 64.1 Å². The number of halogens is 1. The number of carbonyl (C=O) groups is 2. The van der Waals surface area contributed by atoms with E-state index in [0.717, 1.165) is 17.1 Å². The van der Waals surface area contributed by atoms with Gasteiger partial charge >= 0.3 is 0 Å². The van der Waals surface area contributed by atoms with Gasteiger partial charge in [0.15, 0.2) is 0 Å². The van der Waals surface area contributed by atoms with E-state index in [4.69, 9.17) is 16.0 Å². The first kappa shape index (κ1) is 20.7. The van der Waals surface area contributed by atoms with Crippen molar-refractivity contribution in [2.75, 3.05) is 5.32 Å². The lowest BCUT2D eigenvalue weighted by atomic mass is 10.1. The lowest BCUT2D eigenvalue weighted by molar-refractivity contribution is 0.0944. The van der Waals surface area contributed by atoms with Gasteiger partial charge in [0.25, 0.3) is 11.8 Å². The molecule has 3 aromatic rings. The minimum atomic E-state index is -0.301. The van der Waals surface area contributed by atoms with Gasteiger partial charge in [-0.25, -0.2) is 0 Å².